The van der Waals surface area contributed by atoms with Crippen LogP contribution >= 0.6 is 0 Å². The fourth-order valence-electron chi connectivity index (χ4n) is 7.02. The van der Waals surface area contributed by atoms with Gasteiger partial charge in [0.05, 0.1) is 6.17 Å². The zero-order valence-corrected chi connectivity index (χ0v) is 28.1. The van der Waals surface area contributed by atoms with Crippen LogP contribution in [0.25, 0.3) is 5.70 Å². The van der Waals surface area contributed by atoms with Gasteiger partial charge in [-0.1, -0.05) is 49.8 Å². The van der Waals surface area contributed by atoms with Crippen LogP contribution in [0.2, 0.25) is 0 Å². The maximum atomic E-state index is 12.9. The zero-order chi connectivity index (χ0) is 32.5. The van der Waals surface area contributed by atoms with Crippen molar-refractivity contribution in [2.45, 2.75) is 64.5 Å². The number of piperazine rings is 1. The smallest absolute Gasteiger partial charge is 0.223 e. The lowest BCUT2D eigenvalue weighted by atomic mass is 9.95. The molecule has 1 amide bonds. The van der Waals surface area contributed by atoms with Crippen LogP contribution in [0.15, 0.2) is 61.3 Å². The molecule has 46 heavy (non-hydrogen) atoms. The van der Waals surface area contributed by atoms with Crippen LogP contribution in [0.3, 0.4) is 0 Å². The van der Waals surface area contributed by atoms with Crippen molar-refractivity contribution in [3.63, 3.8) is 0 Å². The molecule has 0 spiro atoms. The van der Waals surface area contributed by atoms with Crippen LogP contribution in [0, 0.1) is 12.8 Å². The Morgan fingerprint density at radius 1 is 0.935 bits per heavy atom. The van der Waals surface area contributed by atoms with Crippen molar-refractivity contribution >= 4 is 29.3 Å². The van der Waals surface area contributed by atoms with Gasteiger partial charge in [-0.15, -0.1) is 0 Å². The molecule has 2 aromatic rings. The third-order valence-corrected chi connectivity index (χ3v) is 10.2. The summed E-state index contributed by atoms with van der Waals surface area (Å²) in [6.45, 7) is 18.5. The minimum absolute atomic E-state index is 0.0572. The number of rotatable bonds is 14. The lowest BCUT2D eigenvalue weighted by Crippen LogP contribution is -2.46. The highest BCUT2D eigenvalue weighted by atomic mass is 16.1. The molecular formula is C38H54N6O2. The van der Waals surface area contributed by atoms with Gasteiger partial charge in [-0.05, 0) is 76.3 Å². The standard InChI is InChI=1S/C38H54N6O2/c1-29-9-12-34(13-10-29)44-25-23-42(24-26-44)20-8-6-5-7-19-39-38(46)32-17-21-43(22-18-32)35-14-15-36(33(27-35)28-45)31(3)41(4)37-16-11-30(2)40-37/h9-10,12-15,27-28,32,37,40H,2-3,5-8,11,16-26H2,1,4H3,(H,39,46). The number of hydrogen-bond donors (Lipinski definition) is 2. The summed E-state index contributed by atoms with van der Waals surface area (Å²) >= 11 is 0. The van der Waals surface area contributed by atoms with Crippen LogP contribution in [-0.2, 0) is 4.79 Å². The van der Waals surface area contributed by atoms with E-state index in [1.165, 1.54) is 30.6 Å². The van der Waals surface area contributed by atoms with E-state index in [9.17, 15) is 9.59 Å². The second kappa shape index (κ2) is 16.2. The van der Waals surface area contributed by atoms with Crippen LogP contribution in [-0.4, -0.2) is 87.6 Å². The number of carbonyl (C=O) groups excluding carboxylic acids is 2. The Bertz CT molecular complexity index is 1340. The Labute approximate surface area is 276 Å². The second-order valence-electron chi connectivity index (χ2n) is 13.4. The summed E-state index contributed by atoms with van der Waals surface area (Å²) in [7, 11) is 2.01. The van der Waals surface area contributed by atoms with Crippen LogP contribution in [0.4, 0.5) is 11.4 Å². The van der Waals surface area contributed by atoms with Crippen molar-refractivity contribution in [2.75, 3.05) is 69.2 Å². The van der Waals surface area contributed by atoms with Crippen LogP contribution < -0.4 is 20.4 Å². The maximum absolute atomic E-state index is 12.9. The van der Waals surface area contributed by atoms with Crippen molar-refractivity contribution < 1.29 is 9.59 Å². The number of amides is 1. The van der Waals surface area contributed by atoms with E-state index in [0.29, 0.717) is 5.56 Å². The first-order valence-electron chi connectivity index (χ1n) is 17.3. The highest BCUT2D eigenvalue weighted by Gasteiger charge is 2.27. The molecule has 0 saturated carbocycles. The lowest BCUT2D eigenvalue weighted by Gasteiger charge is -2.36. The molecule has 3 aliphatic rings. The number of allylic oxidation sites excluding steroid dienone is 1. The topological polar surface area (TPSA) is 71.2 Å². The summed E-state index contributed by atoms with van der Waals surface area (Å²) in [6, 6.07) is 14.9. The molecule has 0 radical (unpaired) electrons. The van der Waals surface area contributed by atoms with Crippen molar-refractivity contribution in [2.24, 2.45) is 5.92 Å². The van der Waals surface area contributed by atoms with Gasteiger partial charge in [0.15, 0.2) is 6.29 Å². The Kier molecular flexibility index (Phi) is 11.8. The molecule has 3 heterocycles. The summed E-state index contributed by atoms with van der Waals surface area (Å²) in [6.07, 6.45) is 9.28. The zero-order valence-electron chi connectivity index (χ0n) is 28.1. The Morgan fingerprint density at radius 3 is 2.28 bits per heavy atom. The molecule has 2 N–H and O–H groups in total. The number of aldehydes is 1. The number of hydrogen-bond acceptors (Lipinski definition) is 7. The minimum atomic E-state index is 0.0572. The van der Waals surface area contributed by atoms with E-state index < -0.39 is 0 Å². The molecular weight excluding hydrogens is 572 g/mol. The summed E-state index contributed by atoms with van der Waals surface area (Å²) in [5.41, 5.74) is 7.04. The van der Waals surface area contributed by atoms with E-state index >= 15 is 0 Å². The van der Waals surface area contributed by atoms with Gasteiger partial charge in [-0.25, -0.2) is 0 Å². The summed E-state index contributed by atoms with van der Waals surface area (Å²) in [5, 5.41) is 6.60. The molecule has 0 aliphatic carbocycles. The number of aryl methyl sites for hydroxylation is 1. The van der Waals surface area contributed by atoms with Gasteiger partial charge in [0.1, 0.15) is 0 Å². The summed E-state index contributed by atoms with van der Waals surface area (Å²) in [4.78, 5) is 34.4. The third kappa shape index (κ3) is 8.72. The Balaban J connectivity index is 0.950. The van der Waals surface area contributed by atoms with E-state index in [-0.39, 0.29) is 18.0 Å². The van der Waals surface area contributed by atoms with Crippen LogP contribution in [0.1, 0.15) is 72.9 Å². The molecule has 2 aromatic carbocycles. The van der Waals surface area contributed by atoms with E-state index in [1.54, 1.807) is 0 Å². The number of nitrogens with zero attached hydrogens (tertiary/aromatic N) is 4. The molecule has 3 fully saturated rings. The van der Waals surface area contributed by atoms with Gasteiger partial charge >= 0.3 is 0 Å². The normalized spacial score (nSPS) is 19.2. The lowest BCUT2D eigenvalue weighted by molar-refractivity contribution is -0.125. The monoisotopic (exact) mass is 626 g/mol. The highest BCUT2D eigenvalue weighted by Crippen LogP contribution is 2.30. The molecule has 3 aliphatic heterocycles. The molecule has 1 unspecified atom stereocenters. The molecule has 3 saturated heterocycles. The van der Waals surface area contributed by atoms with Crippen molar-refractivity contribution in [1.29, 1.82) is 0 Å². The molecule has 8 nitrogen and oxygen atoms in total. The average molecular weight is 627 g/mol. The van der Waals surface area contributed by atoms with Gasteiger partial charge in [0.2, 0.25) is 5.91 Å². The van der Waals surface area contributed by atoms with E-state index in [4.69, 9.17) is 0 Å². The van der Waals surface area contributed by atoms with Gasteiger partial charge in [0.25, 0.3) is 0 Å². The first kappa shape index (κ1) is 33.6. The van der Waals surface area contributed by atoms with Gasteiger partial charge < -0.3 is 25.3 Å². The summed E-state index contributed by atoms with van der Waals surface area (Å²) < 4.78 is 0. The molecule has 8 heteroatoms. The fourth-order valence-corrected chi connectivity index (χ4v) is 7.02. The fraction of sp³-hybridized carbons (Fsp3) is 0.526. The Hall–Kier alpha value is -3.78. The molecule has 0 bridgehead atoms. The van der Waals surface area contributed by atoms with Gasteiger partial charge in [0, 0.05) is 92.7 Å². The predicted molar refractivity (Wildman–Crippen MR) is 190 cm³/mol. The maximum Gasteiger partial charge on any atom is 0.223 e. The van der Waals surface area contributed by atoms with Gasteiger partial charge in [-0.3, -0.25) is 14.5 Å². The summed E-state index contributed by atoms with van der Waals surface area (Å²) in [5.74, 6) is 0.249. The van der Waals surface area contributed by atoms with Crippen molar-refractivity contribution in [3.05, 3.63) is 78.0 Å². The first-order valence-corrected chi connectivity index (χ1v) is 17.3. The van der Waals surface area contributed by atoms with Crippen molar-refractivity contribution in [1.82, 2.24) is 20.4 Å². The second-order valence-corrected chi connectivity index (χ2v) is 13.4. The first-order chi connectivity index (χ1) is 22.3. The van der Waals surface area contributed by atoms with E-state index in [2.05, 4.69) is 80.6 Å². The SMILES string of the molecule is C=C1CCC(N(C)C(=C)c2ccc(N3CCC(C(=O)NCCCCCCN4CCN(c5ccc(C)cc5)CC4)CC3)cc2C=O)N1. The average Bonchev–Trinajstić information content (AvgIpc) is 3.53. The number of benzene rings is 2. The van der Waals surface area contributed by atoms with Crippen molar-refractivity contribution in [3.8, 4) is 0 Å². The number of piperidine rings is 1. The predicted octanol–water partition coefficient (Wildman–Crippen LogP) is 5.65. The molecule has 1 atom stereocenters. The number of carbonyl (C=O) groups is 2. The number of nitrogens with one attached hydrogen (secondary N) is 2. The highest BCUT2D eigenvalue weighted by molar-refractivity contribution is 5.86. The van der Waals surface area contributed by atoms with Crippen LogP contribution in [0.5, 0.6) is 0 Å². The number of unbranched alkanes of at least 4 members (excludes halogenated alkanes) is 3. The quantitative estimate of drug-likeness (QED) is 0.208. The number of anilines is 2. The minimum Gasteiger partial charge on any atom is -0.371 e. The molecule has 0 aromatic heterocycles. The van der Waals surface area contributed by atoms with E-state index in [1.807, 2.05) is 19.2 Å². The van der Waals surface area contributed by atoms with Gasteiger partial charge in [-0.2, -0.15) is 0 Å². The third-order valence-electron chi connectivity index (χ3n) is 10.2. The Morgan fingerprint density at radius 2 is 1.61 bits per heavy atom. The molecule has 5 rings (SSSR count). The van der Waals surface area contributed by atoms with E-state index in [0.717, 1.165) is 113 Å². The molecule has 248 valence electrons. The largest absolute Gasteiger partial charge is 0.371 e.